The van der Waals surface area contributed by atoms with E-state index in [2.05, 4.69) is 32.0 Å². The number of alkyl halides is 1. The van der Waals surface area contributed by atoms with Crippen molar-refractivity contribution >= 4 is 21.6 Å². The first-order valence-electron chi connectivity index (χ1n) is 12.0. The second-order valence-electron chi connectivity index (χ2n) is 8.41. The van der Waals surface area contributed by atoms with Gasteiger partial charge in [0.15, 0.2) is 0 Å². The van der Waals surface area contributed by atoms with Crippen LogP contribution in [0.1, 0.15) is 77.2 Å². The summed E-state index contributed by atoms with van der Waals surface area (Å²) in [6.07, 6.45) is 10.4. The predicted octanol–water partition coefficient (Wildman–Crippen LogP) is 8.77. The minimum atomic E-state index is -0.892. The number of thiazole rings is 1. The Balaban J connectivity index is 1.54. The van der Waals surface area contributed by atoms with E-state index in [-0.39, 0.29) is 6.61 Å². The van der Waals surface area contributed by atoms with Crippen LogP contribution in [0.5, 0.6) is 5.75 Å². The fraction of sp³-hybridized carbons (Fsp3) is 0.519. The Bertz CT molecular complexity index is 905. The van der Waals surface area contributed by atoms with Crippen LogP contribution in [0.2, 0.25) is 0 Å². The molecule has 0 aliphatic rings. The highest BCUT2D eigenvalue weighted by Crippen LogP contribution is 2.32. The third-order valence-electron chi connectivity index (χ3n) is 5.67. The molecule has 168 valence electrons. The molecule has 0 amide bonds. The summed E-state index contributed by atoms with van der Waals surface area (Å²) in [6.45, 7) is 4.55. The Morgan fingerprint density at radius 2 is 1.65 bits per heavy atom. The molecule has 1 atom stereocenters. The molecular formula is C27H36FNOS. The van der Waals surface area contributed by atoms with Gasteiger partial charge in [0.25, 0.3) is 0 Å². The average Bonchev–Trinajstić information content (AvgIpc) is 3.22. The SMILES string of the molecule is CCCCCCc1ccc2nc(-c3ccc(OCC(F)CCCCCC)cc3)sc2c1. The maximum absolute atomic E-state index is 14.0. The predicted molar refractivity (Wildman–Crippen MR) is 132 cm³/mol. The third-order valence-corrected chi connectivity index (χ3v) is 6.74. The van der Waals surface area contributed by atoms with Crippen molar-refractivity contribution in [2.75, 3.05) is 6.61 Å². The molecule has 0 spiro atoms. The van der Waals surface area contributed by atoms with Gasteiger partial charge in [-0.15, -0.1) is 11.3 Å². The van der Waals surface area contributed by atoms with Gasteiger partial charge in [0.2, 0.25) is 0 Å². The van der Waals surface area contributed by atoms with Crippen molar-refractivity contribution in [3.63, 3.8) is 0 Å². The van der Waals surface area contributed by atoms with Crippen molar-refractivity contribution in [3.05, 3.63) is 48.0 Å². The number of nitrogens with zero attached hydrogens (tertiary/aromatic N) is 1. The van der Waals surface area contributed by atoms with E-state index in [0.717, 1.165) is 41.1 Å². The number of rotatable bonds is 14. The lowest BCUT2D eigenvalue weighted by molar-refractivity contribution is 0.184. The van der Waals surface area contributed by atoms with E-state index >= 15 is 0 Å². The lowest BCUT2D eigenvalue weighted by atomic mass is 10.1. The standard InChI is InChI=1S/C27H36FNOS/c1-3-5-7-9-11-21-13-18-25-26(19-21)31-27(29-25)22-14-16-24(17-15-22)30-20-23(28)12-10-8-6-4-2/h13-19,23H,3-12,20H2,1-2H3. The second kappa shape index (κ2) is 12.8. The fourth-order valence-corrected chi connectivity index (χ4v) is 4.80. The quantitative estimate of drug-likeness (QED) is 0.233. The summed E-state index contributed by atoms with van der Waals surface area (Å²) in [5.74, 6) is 0.718. The Kier molecular flexibility index (Phi) is 9.80. The second-order valence-corrected chi connectivity index (χ2v) is 9.44. The fourth-order valence-electron chi connectivity index (χ4n) is 3.76. The minimum Gasteiger partial charge on any atom is -0.491 e. The molecule has 1 heterocycles. The van der Waals surface area contributed by atoms with Crippen LogP contribution in [0.25, 0.3) is 20.8 Å². The maximum Gasteiger partial charge on any atom is 0.134 e. The first kappa shape index (κ1) is 23.7. The summed E-state index contributed by atoms with van der Waals surface area (Å²) >= 11 is 1.73. The minimum absolute atomic E-state index is 0.133. The molecule has 0 radical (unpaired) electrons. The summed E-state index contributed by atoms with van der Waals surface area (Å²) in [5, 5.41) is 1.02. The average molecular weight is 442 g/mol. The lowest BCUT2D eigenvalue weighted by Crippen LogP contribution is -2.12. The van der Waals surface area contributed by atoms with Gasteiger partial charge in [-0.3, -0.25) is 0 Å². The van der Waals surface area contributed by atoms with Gasteiger partial charge < -0.3 is 4.74 Å². The van der Waals surface area contributed by atoms with E-state index in [1.165, 1.54) is 48.8 Å². The normalized spacial score (nSPS) is 12.4. The number of fused-ring (bicyclic) bond motifs is 1. The van der Waals surface area contributed by atoms with Crippen molar-refractivity contribution in [2.24, 2.45) is 0 Å². The van der Waals surface area contributed by atoms with E-state index in [9.17, 15) is 4.39 Å². The van der Waals surface area contributed by atoms with Gasteiger partial charge in [-0.2, -0.15) is 0 Å². The van der Waals surface area contributed by atoms with Crippen LogP contribution in [0.4, 0.5) is 4.39 Å². The van der Waals surface area contributed by atoms with E-state index in [1.807, 2.05) is 24.3 Å². The zero-order valence-electron chi connectivity index (χ0n) is 19.0. The number of aromatic nitrogens is 1. The first-order chi connectivity index (χ1) is 15.2. The summed E-state index contributed by atoms with van der Waals surface area (Å²) in [6, 6.07) is 14.5. The van der Waals surface area contributed by atoms with Gasteiger partial charge in [-0.05, 0) is 61.2 Å². The topological polar surface area (TPSA) is 22.1 Å². The van der Waals surface area contributed by atoms with Crippen molar-refractivity contribution < 1.29 is 9.13 Å². The zero-order chi connectivity index (χ0) is 21.9. The number of ether oxygens (including phenoxy) is 1. The van der Waals surface area contributed by atoms with Crippen LogP contribution in [0.15, 0.2) is 42.5 Å². The molecule has 3 rings (SSSR count). The number of unbranched alkanes of at least 4 members (excludes halogenated alkanes) is 6. The maximum atomic E-state index is 14.0. The Hall–Kier alpha value is -1.94. The van der Waals surface area contributed by atoms with Crippen LogP contribution in [-0.4, -0.2) is 17.8 Å². The molecule has 0 aliphatic heterocycles. The lowest BCUT2D eigenvalue weighted by Gasteiger charge is -2.10. The molecule has 0 fully saturated rings. The molecule has 2 nitrogen and oxygen atoms in total. The van der Waals surface area contributed by atoms with Crippen molar-refractivity contribution in [1.82, 2.24) is 4.98 Å². The number of aryl methyl sites for hydroxylation is 1. The van der Waals surface area contributed by atoms with Crippen LogP contribution in [0.3, 0.4) is 0 Å². The van der Waals surface area contributed by atoms with Gasteiger partial charge in [0, 0.05) is 5.56 Å². The first-order valence-corrected chi connectivity index (χ1v) is 12.8. The summed E-state index contributed by atoms with van der Waals surface area (Å²) < 4.78 is 20.9. The Morgan fingerprint density at radius 1 is 0.903 bits per heavy atom. The molecule has 0 bridgehead atoms. The number of halogens is 1. The molecule has 1 unspecified atom stereocenters. The summed E-state index contributed by atoms with van der Waals surface area (Å²) in [5.41, 5.74) is 3.54. The highest BCUT2D eigenvalue weighted by atomic mass is 32.1. The van der Waals surface area contributed by atoms with Gasteiger partial charge in [-0.1, -0.05) is 64.9 Å². The van der Waals surface area contributed by atoms with Crippen LogP contribution in [0, 0.1) is 0 Å². The van der Waals surface area contributed by atoms with Gasteiger partial charge in [0.05, 0.1) is 10.2 Å². The third kappa shape index (κ3) is 7.60. The molecule has 2 aromatic carbocycles. The number of hydrogen-bond donors (Lipinski definition) is 0. The van der Waals surface area contributed by atoms with E-state index in [1.54, 1.807) is 11.3 Å². The van der Waals surface area contributed by atoms with E-state index < -0.39 is 6.17 Å². The molecule has 0 saturated carbocycles. The van der Waals surface area contributed by atoms with Gasteiger partial charge in [-0.25, -0.2) is 9.37 Å². The number of benzene rings is 2. The van der Waals surface area contributed by atoms with E-state index in [0.29, 0.717) is 6.42 Å². The van der Waals surface area contributed by atoms with Gasteiger partial charge >= 0.3 is 0 Å². The molecular weight excluding hydrogens is 405 g/mol. The molecule has 3 aromatic rings. The van der Waals surface area contributed by atoms with Crippen molar-refractivity contribution in [2.45, 2.75) is 84.2 Å². The van der Waals surface area contributed by atoms with E-state index in [4.69, 9.17) is 9.72 Å². The van der Waals surface area contributed by atoms with Crippen LogP contribution in [-0.2, 0) is 6.42 Å². The molecule has 0 N–H and O–H groups in total. The van der Waals surface area contributed by atoms with Crippen molar-refractivity contribution in [1.29, 1.82) is 0 Å². The molecule has 31 heavy (non-hydrogen) atoms. The molecule has 0 saturated heterocycles. The monoisotopic (exact) mass is 441 g/mol. The molecule has 4 heteroatoms. The zero-order valence-corrected chi connectivity index (χ0v) is 19.9. The summed E-state index contributed by atoms with van der Waals surface area (Å²) in [4.78, 5) is 4.80. The van der Waals surface area contributed by atoms with Crippen molar-refractivity contribution in [3.8, 4) is 16.3 Å². The Morgan fingerprint density at radius 3 is 2.39 bits per heavy atom. The van der Waals surface area contributed by atoms with Gasteiger partial charge in [0.1, 0.15) is 23.5 Å². The molecule has 0 aliphatic carbocycles. The highest BCUT2D eigenvalue weighted by molar-refractivity contribution is 7.21. The molecule has 1 aromatic heterocycles. The highest BCUT2D eigenvalue weighted by Gasteiger charge is 2.10. The smallest absolute Gasteiger partial charge is 0.134 e. The summed E-state index contributed by atoms with van der Waals surface area (Å²) in [7, 11) is 0. The Labute approximate surface area is 190 Å². The van der Waals surface area contributed by atoms with Crippen LogP contribution < -0.4 is 4.74 Å². The van der Waals surface area contributed by atoms with Crippen LogP contribution >= 0.6 is 11.3 Å². The number of hydrogen-bond acceptors (Lipinski definition) is 3. The largest absolute Gasteiger partial charge is 0.491 e.